The molecule has 0 saturated carbocycles. The van der Waals surface area contributed by atoms with Crippen LogP contribution in [0.3, 0.4) is 0 Å². The molecule has 122 valence electrons. The minimum absolute atomic E-state index is 0.110. The quantitative estimate of drug-likeness (QED) is 0.521. The first-order valence-corrected chi connectivity index (χ1v) is 8.97. The molecule has 0 spiro atoms. The number of rotatable bonds is 5. The zero-order valence-electron chi connectivity index (χ0n) is 12.1. The van der Waals surface area contributed by atoms with E-state index in [0.717, 1.165) is 32.1 Å². The van der Waals surface area contributed by atoms with Crippen LogP contribution in [0.5, 0.6) is 0 Å². The molecule has 0 saturated heterocycles. The summed E-state index contributed by atoms with van der Waals surface area (Å²) in [5.41, 5.74) is 0.320. The second-order valence-electron chi connectivity index (χ2n) is 4.52. The molecule has 0 amide bonds. The molecule has 23 heavy (non-hydrogen) atoms. The number of esters is 1. The number of anilines is 1. The van der Waals surface area contributed by atoms with E-state index < -0.39 is 28.4 Å². The van der Waals surface area contributed by atoms with E-state index in [2.05, 4.69) is 27.3 Å². The van der Waals surface area contributed by atoms with Crippen LogP contribution in [0.2, 0.25) is 0 Å². The van der Waals surface area contributed by atoms with E-state index in [0.29, 0.717) is 5.69 Å². The molecule has 2 rings (SSSR count). The average molecular weight is 449 g/mol. The molecule has 0 atom stereocenters. The first-order chi connectivity index (χ1) is 10.8. The predicted molar refractivity (Wildman–Crippen MR) is 92.1 cm³/mol. The van der Waals surface area contributed by atoms with Crippen LogP contribution in [-0.4, -0.2) is 28.0 Å². The number of hydrogen-bond acceptors (Lipinski definition) is 4. The summed E-state index contributed by atoms with van der Waals surface area (Å²) >= 11 is 2.09. The normalized spacial score (nSPS) is 11.1. The third-order valence-corrected chi connectivity index (χ3v) is 5.52. The predicted octanol–water partition coefficient (Wildman–Crippen LogP) is 2.80. The van der Waals surface area contributed by atoms with E-state index in [1.165, 1.54) is 7.11 Å². The van der Waals surface area contributed by atoms with Crippen molar-refractivity contribution in [3.63, 3.8) is 0 Å². The largest absolute Gasteiger partial charge is 0.468 e. The van der Waals surface area contributed by atoms with Crippen LogP contribution in [0.4, 0.5) is 10.1 Å². The Labute approximate surface area is 147 Å². The van der Waals surface area contributed by atoms with E-state index in [4.69, 9.17) is 0 Å². The van der Waals surface area contributed by atoms with Crippen LogP contribution >= 0.6 is 22.6 Å². The Bertz CT molecular complexity index is 791. The third kappa shape index (κ3) is 4.20. The second kappa shape index (κ2) is 7.26. The van der Waals surface area contributed by atoms with Crippen molar-refractivity contribution >= 4 is 44.3 Å². The Morgan fingerprint density at radius 3 is 2.22 bits per heavy atom. The van der Waals surface area contributed by atoms with E-state index in [1.54, 1.807) is 24.3 Å². The smallest absolute Gasteiger partial charge is 0.326 e. The summed E-state index contributed by atoms with van der Waals surface area (Å²) in [5.74, 6) is -1.24. The number of benzene rings is 2. The third-order valence-electron chi connectivity index (χ3n) is 3.02. The highest BCUT2D eigenvalue weighted by molar-refractivity contribution is 14.1. The van der Waals surface area contributed by atoms with Gasteiger partial charge in [0.2, 0.25) is 0 Å². The maximum Gasteiger partial charge on any atom is 0.326 e. The number of halogens is 2. The average Bonchev–Trinajstić information content (AvgIpc) is 2.53. The van der Waals surface area contributed by atoms with Gasteiger partial charge >= 0.3 is 5.97 Å². The number of hydrogen-bond donors (Lipinski definition) is 0. The van der Waals surface area contributed by atoms with E-state index in [-0.39, 0.29) is 4.90 Å². The van der Waals surface area contributed by atoms with Gasteiger partial charge in [-0.15, -0.1) is 0 Å². The molecule has 0 aliphatic heterocycles. The van der Waals surface area contributed by atoms with E-state index in [9.17, 15) is 17.6 Å². The van der Waals surface area contributed by atoms with Crippen LogP contribution in [0.1, 0.15) is 0 Å². The molecule has 0 aromatic heterocycles. The van der Waals surface area contributed by atoms with Gasteiger partial charge in [0, 0.05) is 3.57 Å². The van der Waals surface area contributed by atoms with Crippen molar-refractivity contribution in [3.05, 3.63) is 57.9 Å². The van der Waals surface area contributed by atoms with Crippen molar-refractivity contribution < 1.29 is 22.3 Å². The fourth-order valence-electron chi connectivity index (χ4n) is 1.84. The molecule has 0 unspecified atom stereocenters. The maximum absolute atomic E-state index is 13.0. The molecular formula is C15H13FINO4S. The molecule has 2 aromatic carbocycles. The highest BCUT2D eigenvalue weighted by atomic mass is 127. The van der Waals surface area contributed by atoms with E-state index in [1.807, 2.05) is 0 Å². The number of carbonyl (C=O) groups is 1. The van der Waals surface area contributed by atoms with Crippen molar-refractivity contribution in [1.82, 2.24) is 0 Å². The van der Waals surface area contributed by atoms with Crippen molar-refractivity contribution in [2.75, 3.05) is 18.0 Å². The van der Waals surface area contributed by atoms with Crippen LogP contribution in [0.15, 0.2) is 53.4 Å². The highest BCUT2D eigenvalue weighted by Crippen LogP contribution is 2.24. The first kappa shape index (κ1) is 17.7. The fraction of sp³-hybridized carbons (Fsp3) is 0.133. The number of sulfonamides is 1. The lowest BCUT2D eigenvalue weighted by Crippen LogP contribution is -2.36. The summed E-state index contributed by atoms with van der Waals surface area (Å²) < 4.78 is 45.0. The zero-order valence-corrected chi connectivity index (χ0v) is 15.0. The Morgan fingerprint density at radius 2 is 1.70 bits per heavy atom. The molecule has 0 bridgehead atoms. The molecule has 5 nitrogen and oxygen atoms in total. The summed E-state index contributed by atoms with van der Waals surface area (Å²) in [6, 6.07) is 11.0. The SMILES string of the molecule is COC(=O)CN(c1ccc(I)cc1)S(=O)(=O)c1ccc(F)cc1. The first-order valence-electron chi connectivity index (χ1n) is 6.45. The molecule has 2 aromatic rings. The summed E-state index contributed by atoms with van der Waals surface area (Å²) in [4.78, 5) is 11.5. The Hall–Kier alpha value is -1.68. The van der Waals surface area contributed by atoms with Gasteiger partial charge in [0.25, 0.3) is 10.0 Å². The van der Waals surface area contributed by atoms with Crippen LogP contribution in [0.25, 0.3) is 0 Å². The second-order valence-corrected chi connectivity index (χ2v) is 7.63. The van der Waals surface area contributed by atoms with Crippen LogP contribution in [0, 0.1) is 9.39 Å². The summed E-state index contributed by atoms with van der Waals surface area (Å²) in [6.45, 7) is -0.475. The number of methoxy groups -OCH3 is 1. The van der Waals surface area contributed by atoms with Gasteiger partial charge in [-0.05, 0) is 71.1 Å². The summed E-state index contributed by atoms with van der Waals surface area (Å²) in [5, 5.41) is 0. The molecule has 0 aliphatic carbocycles. The lowest BCUT2D eigenvalue weighted by Gasteiger charge is -2.23. The zero-order chi connectivity index (χ0) is 17.0. The van der Waals surface area contributed by atoms with Crippen molar-refractivity contribution in [1.29, 1.82) is 0 Å². The van der Waals surface area contributed by atoms with Gasteiger partial charge in [-0.3, -0.25) is 9.10 Å². The van der Waals surface area contributed by atoms with Crippen LogP contribution < -0.4 is 4.31 Å². The van der Waals surface area contributed by atoms with Crippen molar-refractivity contribution in [2.45, 2.75) is 4.90 Å². The monoisotopic (exact) mass is 449 g/mol. The minimum atomic E-state index is -4.03. The molecular weight excluding hydrogens is 436 g/mol. The van der Waals surface area contributed by atoms with Gasteiger partial charge in [0.15, 0.2) is 0 Å². The van der Waals surface area contributed by atoms with Crippen LogP contribution in [-0.2, 0) is 19.6 Å². The van der Waals surface area contributed by atoms with Gasteiger partial charge in [0.05, 0.1) is 17.7 Å². The Balaban J connectivity index is 2.49. The van der Waals surface area contributed by atoms with Crippen molar-refractivity contribution in [2.24, 2.45) is 0 Å². The Morgan fingerprint density at radius 1 is 1.13 bits per heavy atom. The summed E-state index contributed by atoms with van der Waals surface area (Å²) in [7, 11) is -2.85. The standard InChI is InChI=1S/C15H13FINO4S/c1-22-15(19)10-18(13-6-4-12(17)5-7-13)23(20,21)14-8-2-11(16)3-9-14/h2-9H,10H2,1H3. The lowest BCUT2D eigenvalue weighted by atomic mass is 10.3. The fourth-order valence-corrected chi connectivity index (χ4v) is 3.61. The molecule has 0 heterocycles. The summed E-state index contributed by atoms with van der Waals surface area (Å²) in [6.07, 6.45) is 0. The lowest BCUT2D eigenvalue weighted by molar-refractivity contribution is -0.138. The molecule has 0 aliphatic rings. The molecule has 0 N–H and O–H groups in total. The van der Waals surface area contributed by atoms with Gasteiger partial charge in [-0.2, -0.15) is 0 Å². The minimum Gasteiger partial charge on any atom is -0.468 e. The van der Waals surface area contributed by atoms with E-state index >= 15 is 0 Å². The number of carbonyl (C=O) groups excluding carboxylic acids is 1. The van der Waals surface area contributed by atoms with Gasteiger partial charge < -0.3 is 4.74 Å². The maximum atomic E-state index is 13.0. The molecule has 8 heteroatoms. The number of nitrogens with zero attached hydrogens (tertiary/aromatic N) is 1. The Kier molecular flexibility index (Phi) is 5.58. The topological polar surface area (TPSA) is 63.7 Å². The number of ether oxygens (including phenoxy) is 1. The molecule has 0 fully saturated rings. The highest BCUT2D eigenvalue weighted by Gasteiger charge is 2.27. The van der Waals surface area contributed by atoms with Gasteiger partial charge in [-0.25, -0.2) is 12.8 Å². The van der Waals surface area contributed by atoms with Gasteiger partial charge in [-0.1, -0.05) is 0 Å². The van der Waals surface area contributed by atoms with Crippen molar-refractivity contribution in [3.8, 4) is 0 Å². The van der Waals surface area contributed by atoms with Gasteiger partial charge in [0.1, 0.15) is 12.4 Å². The molecule has 0 radical (unpaired) electrons.